The van der Waals surface area contributed by atoms with E-state index in [4.69, 9.17) is 4.52 Å². The van der Waals surface area contributed by atoms with Gasteiger partial charge in [-0.1, -0.05) is 45.7 Å². The Morgan fingerprint density at radius 1 is 1.28 bits per heavy atom. The Morgan fingerprint density at radius 2 is 2.00 bits per heavy atom. The summed E-state index contributed by atoms with van der Waals surface area (Å²) in [5.74, 6) is 2.03. The molecule has 0 amide bonds. The van der Waals surface area contributed by atoms with Crippen LogP contribution in [0.4, 0.5) is 0 Å². The molecule has 1 fully saturated rings. The van der Waals surface area contributed by atoms with Crippen molar-refractivity contribution in [2.75, 3.05) is 6.54 Å². The van der Waals surface area contributed by atoms with Gasteiger partial charge in [0.15, 0.2) is 5.82 Å². The second-order valence-electron chi connectivity index (χ2n) is 6.26. The Balaban J connectivity index is 2.15. The lowest BCUT2D eigenvalue weighted by Crippen LogP contribution is -2.37. The number of rotatable bonds is 3. The van der Waals surface area contributed by atoms with E-state index in [2.05, 4.69) is 43.2 Å². The summed E-state index contributed by atoms with van der Waals surface area (Å²) >= 11 is 0. The van der Waals surface area contributed by atoms with E-state index in [0.29, 0.717) is 12.0 Å². The molecule has 0 bridgehead atoms. The predicted molar refractivity (Wildman–Crippen MR) is 71.7 cm³/mol. The molecule has 1 saturated carbocycles. The van der Waals surface area contributed by atoms with Gasteiger partial charge in [0.25, 0.3) is 0 Å². The van der Waals surface area contributed by atoms with Crippen molar-refractivity contribution in [2.45, 2.75) is 70.8 Å². The molecule has 2 atom stereocenters. The van der Waals surface area contributed by atoms with E-state index in [0.717, 1.165) is 24.7 Å². The molecule has 18 heavy (non-hydrogen) atoms. The monoisotopic (exact) mass is 251 g/mol. The maximum absolute atomic E-state index is 5.51. The fourth-order valence-electron chi connectivity index (χ4n) is 2.62. The average molecular weight is 251 g/mol. The quantitative estimate of drug-likeness (QED) is 0.897. The van der Waals surface area contributed by atoms with E-state index in [9.17, 15) is 0 Å². The van der Waals surface area contributed by atoms with Crippen LogP contribution in [0.3, 0.4) is 0 Å². The van der Waals surface area contributed by atoms with Gasteiger partial charge < -0.3 is 9.84 Å². The fraction of sp³-hybridized carbons (Fsp3) is 0.857. The molecule has 4 nitrogen and oxygen atoms in total. The smallest absolute Gasteiger partial charge is 0.231 e. The highest BCUT2D eigenvalue weighted by Gasteiger charge is 2.31. The van der Waals surface area contributed by atoms with Crippen molar-refractivity contribution < 1.29 is 4.52 Å². The van der Waals surface area contributed by atoms with Gasteiger partial charge >= 0.3 is 0 Å². The molecule has 2 rings (SSSR count). The maximum Gasteiger partial charge on any atom is 0.231 e. The molecule has 1 heterocycles. The lowest BCUT2D eigenvalue weighted by molar-refractivity contribution is 0.263. The molecule has 0 radical (unpaired) electrons. The van der Waals surface area contributed by atoms with Crippen LogP contribution >= 0.6 is 0 Å². The Hall–Kier alpha value is -0.900. The van der Waals surface area contributed by atoms with E-state index >= 15 is 0 Å². The molecule has 0 spiro atoms. The molecule has 1 N–H and O–H groups in total. The third-order valence-corrected chi connectivity index (χ3v) is 3.66. The van der Waals surface area contributed by atoms with Crippen molar-refractivity contribution in [3.05, 3.63) is 11.7 Å². The zero-order valence-corrected chi connectivity index (χ0v) is 12.0. The zero-order valence-electron chi connectivity index (χ0n) is 12.0. The van der Waals surface area contributed by atoms with Gasteiger partial charge in [0.2, 0.25) is 5.89 Å². The van der Waals surface area contributed by atoms with Gasteiger partial charge in [-0.25, -0.2) is 0 Å². The Bertz CT molecular complexity index is 379. The van der Waals surface area contributed by atoms with E-state index in [-0.39, 0.29) is 5.41 Å². The van der Waals surface area contributed by atoms with Gasteiger partial charge in [-0.2, -0.15) is 4.98 Å². The molecular formula is C14H25N3O. The summed E-state index contributed by atoms with van der Waals surface area (Å²) in [6, 6.07) is 0.497. The predicted octanol–water partition coefficient (Wildman–Crippen LogP) is 3.00. The molecule has 1 aromatic heterocycles. The van der Waals surface area contributed by atoms with Gasteiger partial charge in [-0.3, -0.25) is 0 Å². The van der Waals surface area contributed by atoms with Gasteiger partial charge in [-0.05, 0) is 19.4 Å². The van der Waals surface area contributed by atoms with Crippen LogP contribution in [-0.2, 0) is 5.41 Å². The number of aromatic nitrogens is 2. The first-order valence-electron chi connectivity index (χ1n) is 7.10. The molecule has 0 aromatic carbocycles. The number of hydrogen-bond acceptors (Lipinski definition) is 4. The summed E-state index contributed by atoms with van der Waals surface area (Å²) in [7, 11) is 0. The molecule has 4 heteroatoms. The third kappa shape index (κ3) is 2.91. The molecule has 1 aliphatic rings. The van der Waals surface area contributed by atoms with Crippen LogP contribution in [0.1, 0.15) is 71.0 Å². The largest absolute Gasteiger partial charge is 0.339 e. The Kier molecular flexibility index (Phi) is 4.05. The van der Waals surface area contributed by atoms with Gasteiger partial charge in [0, 0.05) is 11.5 Å². The maximum atomic E-state index is 5.51. The van der Waals surface area contributed by atoms with Crippen molar-refractivity contribution in [2.24, 2.45) is 0 Å². The lowest BCUT2D eigenvalue weighted by atomic mass is 9.84. The number of nitrogens with one attached hydrogen (secondary N) is 1. The van der Waals surface area contributed by atoms with Crippen LogP contribution in [0.2, 0.25) is 0 Å². The molecule has 1 aromatic rings. The van der Waals surface area contributed by atoms with Crippen molar-refractivity contribution >= 4 is 0 Å². The van der Waals surface area contributed by atoms with E-state index in [1.54, 1.807) is 0 Å². The minimum absolute atomic E-state index is 0.0376. The van der Waals surface area contributed by atoms with E-state index < -0.39 is 0 Å². The molecular weight excluding hydrogens is 226 g/mol. The van der Waals surface area contributed by atoms with Crippen LogP contribution < -0.4 is 5.32 Å². The Morgan fingerprint density at radius 3 is 2.61 bits per heavy atom. The highest BCUT2D eigenvalue weighted by molar-refractivity contribution is 5.06. The average Bonchev–Trinajstić information content (AvgIpc) is 2.79. The van der Waals surface area contributed by atoms with Gasteiger partial charge in [-0.15, -0.1) is 0 Å². The first-order valence-corrected chi connectivity index (χ1v) is 7.10. The zero-order chi connectivity index (χ0) is 13.2. The molecule has 1 aliphatic carbocycles. The van der Waals surface area contributed by atoms with E-state index in [1.165, 1.54) is 19.3 Å². The molecule has 0 saturated heterocycles. The minimum Gasteiger partial charge on any atom is -0.339 e. The summed E-state index contributed by atoms with van der Waals surface area (Å²) in [5, 5.41) is 7.70. The second kappa shape index (κ2) is 5.39. The second-order valence-corrected chi connectivity index (χ2v) is 6.26. The summed E-state index contributed by atoms with van der Waals surface area (Å²) in [4.78, 5) is 4.62. The third-order valence-electron chi connectivity index (χ3n) is 3.66. The summed E-state index contributed by atoms with van der Waals surface area (Å²) in [6.07, 6.45) is 4.93. The van der Waals surface area contributed by atoms with Crippen LogP contribution in [0.5, 0.6) is 0 Å². The molecule has 0 aliphatic heterocycles. The van der Waals surface area contributed by atoms with Crippen molar-refractivity contribution in [1.82, 2.24) is 15.5 Å². The molecule has 102 valence electrons. The summed E-state index contributed by atoms with van der Waals surface area (Å²) < 4.78 is 5.51. The Labute approximate surface area is 110 Å². The van der Waals surface area contributed by atoms with Crippen LogP contribution in [0, 0.1) is 0 Å². The first kappa shape index (κ1) is 13.5. The highest BCUT2D eigenvalue weighted by atomic mass is 16.5. The lowest BCUT2D eigenvalue weighted by Gasteiger charge is -2.29. The summed E-state index contributed by atoms with van der Waals surface area (Å²) in [6.45, 7) is 9.50. The van der Waals surface area contributed by atoms with Crippen LogP contribution in [0.15, 0.2) is 4.52 Å². The number of hydrogen-bond donors (Lipinski definition) is 1. The standard InChI is InChI=1S/C14H25N3O/c1-5-15-11-9-7-6-8-10(11)12-16-13(17-18-12)14(2,3)4/h10-11,15H,5-9H2,1-4H3. The molecule has 2 unspecified atom stereocenters. The summed E-state index contributed by atoms with van der Waals surface area (Å²) in [5.41, 5.74) is -0.0376. The van der Waals surface area contributed by atoms with Crippen LogP contribution in [-0.4, -0.2) is 22.7 Å². The van der Waals surface area contributed by atoms with Crippen LogP contribution in [0.25, 0.3) is 0 Å². The number of likely N-dealkylation sites (N-methyl/N-ethyl adjacent to an activating group) is 1. The van der Waals surface area contributed by atoms with Crippen molar-refractivity contribution in [3.63, 3.8) is 0 Å². The van der Waals surface area contributed by atoms with Crippen molar-refractivity contribution in [1.29, 1.82) is 0 Å². The van der Waals surface area contributed by atoms with E-state index in [1.807, 2.05) is 0 Å². The van der Waals surface area contributed by atoms with Gasteiger partial charge in [0.1, 0.15) is 0 Å². The SMILES string of the molecule is CCNC1CCCCC1c1nc(C(C)(C)C)no1. The highest BCUT2D eigenvalue weighted by Crippen LogP contribution is 2.33. The number of nitrogens with zero attached hydrogens (tertiary/aromatic N) is 2. The fourth-order valence-corrected chi connectivity index (χ4v) is 2.62. The van der Waals surface area contributed by atoms with Gasteiger partial charge in [0.05, 0.1) is 5.92 Å². The topological polar surface area (TPSA) is 51.0 Å². The minimum atomic E-state index is -0.0376. The van der Waals surface area contributed by atoms with Crippen molar-refractivity contribution in [3.8, 4) is 0 Å². The first-order chi connectivity index (χ1) is 8.52. The normalized spacial score (nSPS) is 25.3.